The SMILES string of the molecule is CC1C(CN(C)C(C)c2ccc3ccccc3c2)OC(c2cccc(N)c2)OC1c1ccc(CO)cc1. The Labute approximate surface area is 219 Å². The molecule has 1 aliphatic rings. The summed E-state index contributed by atoms with van der Waals surface area (Å²) in [5.74, 6) is 0.114. The summed E-state index contributed by atoms with van der Waals surface area (Å²) < 4.78 is 13.1. The number of fused-ring (bicyclic) bond motifs is 1. The molecule has 0 bridgehead atoms. The van der Waals surface area contributed by atoms with Gasteiger partial charge in [-0.2, -0.15) is 0 Å². The van der Waals surface area contributed by atoms with Crippen LogP contribution in [0, 0.1) is 5.92 Å². The lowest BCUT2D eigenvalue weighted by Crippen LogP contribution is -2.44. The summed E-state index contributed by atoms with van der Waals surface area (Å²) in [6.07, 6.45) is -0.727. The van der Waals surface area contributed by atoms with Crippen molar-refractivity contribution < 1.29 is 14.6 Å². The summed E-state index contributed by atoms with van der Waals surface area (Å²) in [6, 6.07) is 31.1. The number of aliphatic hydroxyl groups is 1. The second-order valence-electron chi connectivity index (χ2n) is 10.2. The molecule has 0 amide bonds. The van der Waals surface area contributed by atoms with Crippen molar-refractivity contribution in [1.29, 1.82) is 0 Å². The van der Waals surface area contributed by atoms with Gasteiger partial charge in [0.25, 0.3) is 0 Å². The van der Waals surface area contributed by atoms with Crippen LogP contribution in [-0.4, -0.2) is 29.7 Å². The number of hydrogen-bond acceptors (Lipinski definition) is 5. The van der Waals surface area contributed by atoms with Crippen LogP contribution in [0.25, 0.3) is 10.8 Å². The third-order valence-electron chi connectivity index (χ3n) is 7.69. The molecule has 0 spiro atoms. The highest BCUT2D eigenvalue weighted by molar-refractivity contribution is 5.83. The molecular weight excluding hydrogens is 460 g/mol. The second kappa shape index (κ2) is 11.0. The molecule has 5 heteroatoms. The topological polar surface area (TPSA) is 68.0 Å². The Morgan fingerprint density at radius 3 is 2.35 bits per heavy atom. The number of hydrogen-bond donors (Lipinski definition) is 2. The van der Waals surface area contributed by atoms with Crippen molar-refractivity contribution in [2.75, 3.05) is 19.3 Å². The van der Waals surface area contributed by atoms with E-state index in [1.165, 1.54) is 16.3 Å². The van der Waals surface area contributed by atoms with Gasteiger partial charge in [-0.3, -0.25) is 4.90 Å². The van der Waals surface area contributed by atoms with Crippen LogP contribution in [0.2, 0.25) is 0 Å². The van der Waals surface area contributed by atoms with Gasteiger partial charge in [0.05, 0.1) is 18.8 Å². The number of benzene rings is 4. The van der Waals surface area contributed by atoms with Crippen molar-refractivity contribution in [3.8, 4) is 0 Å². The molecule has 0 aliphatic carbocycles. The largest absolute Gasteiger partial charge is 0.399 e. The predicted molar refractivity (Wildman–Crippen MR) is 149 cm³/mol. The first kappa shape index (κ1) is 25.4. The molecule has 5 unspecified atom stereocenters. The number of nitrogens with two attached hydrogens (primary N) is 1. The molecule has 1 fully saturated rings. The van der Waals surface area contributed by atoms with Crippen molar-refractivity contribution in [1.82, 2.24) is 4.90 Å². The van der Waals surface area contributed by atoms with Crippen molar-refractivity contribution in [2.24, 2.45) is 5.92 Å². The Hall–Kier alpha value is -3.22. The van der Waals surface area contributed by atoms with Gasteiger partial charge < -0.3 is 20.3 Å². The summed E-state index contributed by atoms with van der Waals surface area (Å²) in [7, 11) is 2.16. The number of likely N-dealkylation sites (N-methyl/N-ethyl adjacent to an activating group) is 1. The zero-order valence-corrected chi connectivity index (χ0v) is 21.7. The predicted octanol–water partition coefficient (Wildman–Crippen LogP) is 6.40. The molecule has 1 saturated heterocycles. The van der Waals surface area contributed by atoms with Crippen LogP contribution in [0.5, 0.6) is 0 Å². The van der Waals surface area contributed by atoms with Crippen molar-refractivity contribution in [3.63, 3.8) is 0 Å². The van der Waals surface area contributed by atoms with Crippen molar-refractivity contribution >= 4 is 16.5 Å². The first-order valence-corrected chi connectivity index (χ1v) is 13.0. The van der Waals surface area contributed by atoms with E-state index in [2.05, 4.69) is 68.3 Å². The Bertz CT molecular complexity index is 1340. The molecule has 4 aromatic rings. The number of nitrogens with zero attached hydrogens (tertiary/aromatic N) is 1. The Kier molecular flexibility index (Phi) is 7.58. The molecular formula is C32H36N2O3. The Morgan fingerprint density at radius 2 is 1.62 bits per heavy atom. The van der Waals surface area contributed by atoms with Gasteiger partial charge in [0.2, 0.25) is 0 Å². The lowest BCUT2D eigenvalue weighted by Gasteiger charge is -2.43. The fraction of sp³-hybridized carbons (Fsp3) is 0.312. The summed E-state index contributed by atoms with van der Waals surface area (Å²) in [5.41, 5.74) is 10.9. The zero-order chi connectivity index (χ0) is 25.9. The van der Waals surface area contributed by atoms with E-state index in [1.807, 2.05) is 48.5 Å². The van der Waals surface area contributed by atoms with Crippen molar-refractivity contribution in [3.05, 3.63) is 113 Å². The van der Waals surface area contributed by atoms with E-state index < -0.39 is 6.29 Å². The molecule has 192 valence electrons. The maximum Gasteiger partial charge on any atom is 0.185 e. The van der Waals surface area contributed by atoms with Gasteiger partial charge in [0.15, 0.2) is 6.29 Å². The molecule has 0 aromatic heterocycles. The summed E-state index contributed by atoms with van der Waals surface area (Å²) in [6.45, 7) is 5.22. The highest BCUT2D eigenvalue weighted by Crippen LogP contribution is 2.42. The van der Waals surface area contributed by atoms with Crippen LogP contribution < -0.4 is 5.73 Å². The maximum absolute atomic E-state index is 9.48. The number of nitrogen functional groups attached to an aromatic ring is 1. The third-order valence-corrected chi connectivity index (χ3v) is 7.69. The monoisotopic (exact) mass is 496 g/mol. The van der Waals surface area contributed by atoms with Crippen LogP contribution in [-0.2, 0) is 16.1 Å². The maximum atomic E-state index is 9.48. The van der Waals surface area contributed by atoms with Crippen LogP contribution in [0.15, 0.2) is 91.0 Å². The summed E-state index contributed by atoms with van der Waals surface area (Å²) in [4.78, 5) is 2.36. The van der Waals surface area contributed by atoms with E-state index in [0.29, 0.717) is 5.69 Å². The molecule has 5 nitrogen and oxygen atoms in total. The quantitative estimate of drug-likeness (QED) is 0.290. The Balaban J connectivity index is 1.40. The molecule has 1 aliphatic heterocycles. The second-order valence-corrected chi connectivity index (χ2v) is 10.2. The first-order valence-electron chi connectivity index (χ1n) is 13.0. The fourth-order valence-corrected chi connectivity index (χ4v) is 5.20. The van der Waals surface area contributed by atoms with E-state index >= 15 is 0 Å². The molecule has 5 atom stereocenters. The minimum absolute atomic E-state index is 0.0243. The standard InChI is InChI=1S/C32H36N2O3/c1-21-30(19-34(3)22(2)26-16-15-24-7-4-5-8-27(24)17-26)36-32(28-9-6-10-29(33)18-28)37-31(21)25-13-11-23(20-35)12-14-25/h4-18,21-22,30-32,35H,19-20,33H2,1-3H3. The minimum Gasteiger partial charge on any atom is -0.399 e. The first-order chi connectivity index (χ1) is 17.9. The molecule has 4 aromatic carbocycles. The number of rotatable bonds is 7. The van der Waals surface area contributed by atoms with E-state index in [4.69, 9.17) is 15.2 Å². The number of ether oxygens (including phenoxy) is 2. The van der Waals surface area contributed by atoms with E-state index in [1.54, 1.807) is 0 Å². The molecule has 3 N–H and O–H groups in total. The third kappa shape index (κ3) is 5.55. The molecule has 5 rings (SSSR count). The average Bonchev–Trinajstić information content (AvgIpc) is 2.93. The normalized spacial score (nSPS) is 22.8. The minimum atomic E-state index is -0.517. The summed E-state index contributed by atoms with van der Waals surface area (Å²) in [5, 5.41) is 12.0. The number of aliphatic hydroxyl groups excluding tert-OH is 1. The number of anilines is 1. The summed E-state index contributed by atoms with van der Waals surface area (Å²) >= 11 is 0. The van der Waals surface area contributed by atoms with Crippen molar-refractivity contribution in [2.45, 2.75) is 45.0 Å². The van der Waals surface area contributed by atoms with Gasteiger partial charge in [0.1, 0.15) is 0 Å². The zero-order valence-electron chi connectivity index (χ0n) is 21.7. The molecule has 0 saturated carbocycles. The van der Waals surface area contributed by atoms with Crippen LogP contribution >= 0.6 is 0 Å². The van der Waals surface area contributed by atoms with E-state index in [9.17, 15) is 5.11 Å². The van der Waals surface area contributed by atoms with Crippen LogP contribution in [0.1, 0.15) is 54.5 Å². The lowest BCUT2D eigenvalue weighted by molar-refractivity contribution is -0.276. The van der Waals surface area contributed by atoms with Gasteiger partial charge in [-0.05, 0) is 59.6 Å². The van der Waals surface area contributed by atoms with Gasteiger partial charge in [-0.15, -0.1) is 0 Å². The van der Waals surface area contributed by atoms with E-state index in [0.717, 1.165) is 23.2 Å². The molecule has 0 radical (unpaired) electrons. The van der Waals surface area contributed by atoms with Crippen LogP contribution in [0.4, 0.5) is 5.69 Å². The highest BCUT2D eigenvalue weighted by Gasteiger charge is 2.39. The van der Waals surface area contributed by atoms with Crippen LogP contribution in [0.3, 0.4) is 0 Å². The van der Waals surface area contributed by atoms with Gasteiger partial charge >= 0.3 is 0 Å². The average molecular weight is 497 g/mol. The van der Waals surface area contributed by atoms with Gasteiger partial charge in [0, 0.05) is 29.8 Å². The fourth-order valence-electron chi connectivity index (χ4n) is 5.20. The highest BCUT2D eigenvalue weighted by atomic mass is 16.7. The molecule has 1 heterocycles. The smallest absolute Gasteiger partial charge is 0.185 e. The lowest BCUT2D eigenvalue weighted by atomic mass is 9.89. The Morgan fingerprint density at radius 1 is 0.865 bits per heavy atom. The van der Waals surface area contributed by atoms with Gasteiger partial charge in [-0.1, -0.05) is 79.7 Å². The molecule has 37 heavy (non-hydrogen) atoms. The van der Waals surface area contributed by atoms with Gasteiger partial charge in [-0.25, -0.2) is 0 Å². The van der Waals surface area contributed by atoms with E-state index in [-0.39, 0.29) is 30.8 Å².